The van der Waals surface area contributed by atoms with Crippen molar-refractivity contribution in [1.82, 2.24) is 5.32 Å². The zero-order valence-corrected chi connectivity index (χ0v) is 12.7. The Bertz CT molecular complexity index is 394. The molecule has 0 radical (unpaired) electrons. The minimum absolute atomic E-state index is 0.402. The largest absolute Gasteiger partial charge is 0.479 e. The maximum atomic E-state index is 12.0. The Kier molecular flexibility index (Phi) is 5.71. The number of carbonyl (C=O) groups excluding carboxylic acids is 2. The van der Waals surface area contributed by atoms with Gasteiger partial charge in [0.25, 0.3) is 0 Å². The van der Waals surface area contributed by atoms with E-state index in [0.29, 0.717) is 0 Å². The number of carboxylic acids is 1. The highest BCUT2D eigenvalue weighted by atomic mass is 16.6. The molecule has 7 heteroatoms. The summed E-state index contributed by atoms with van der Waals surface area (Å²) in [5.74, 6) is -3.06. The number of carboxylic acid groups (broad SMARTS) is 1. The first-order valence-electron chi connectivity index (χ1n) is 6.28. The van der Waals surface area contributed by atoms with E-state index in [1.54, 1.807) is 34.6 Å². The van der Waals surface area contributed by atoms with Gasteiger partial charge in [0.1, 0.15) is 5.60 Å². The first-order valence-corrected chi connectivity index (χ1v) is 6.28. The maximum absolute atomic E-state index is 12.0. The average Bonchev–Trinajstić information content (AvgIpc) is 2.21. The summed E-state index contributed by atoms with van der Waals surface area (Å²) in [5, 5.41) is 20.8. The Morgan fingerprint density at radius 2 is 1.55 bits per heavy atom. The second-order valence-electron chi connectivity index (χ2n) is 6.11. The third kappa shape index (κ3) is 5.16. The second kappa shape index (κ2) is 6.21. The van der Waals surface area contributed by atoms with Crippen LogP contribution in [0.5, 0.6) is 0 Å². The summed E-state index contributed by atoms with van der Waals surface area (Å²) in [4.78, 5) is 34.6. The van der Waals surface area contributed by atoms with Crippen LogP contribution >= 0.6 is 0 Å². The highest BCUT2D eigenvalue weighted by Gasteiger charge is 2.44. The smallest absolute Gasteiger partial charge is 0.408 e. The SMILES string of the molecule is CC(C)[C@H](NC(=O)OC(C)(C)C)C(=O)C(C)(O)C(=O)O. The molecule has 0 aliphatic carbocycles. The number of ketones is 1. The molecule has 116 valence electrons. The van der Waals surface area contributed by atoms with Crippen molar-refractivity contribution in [3.8, 4) is 0 Å². The molecule has 1 unspecified atom stereocenters. The highest BCUT2D eigenvalue weighted by Crippen LogP contribution is 2.15. The quantitative estimate of drug-likeness (QED) is 0.649. The first kappa shape index (κ1) is 18.4. The van der Waals surface area contributed by atoms with Crippen LogP contribution in [0, 0.1) is 5.92 Å². The molecule has 7 nitrogen and oxygen atoms in total. The minimum atomic E-state index is -2.57. The Morgan fingerprint density at radius 3 is 1.85 bits per heavy atom. The van der Waals surface area contributed by atoms with E-state index in [1.165, 1.54) is 0 Å². The predicted molar refractivity (Wildman–Crippen MR) is 71.3 cm³/mol. The molecule has 2 atom stereocenters. The number of alkyl carbamates (subject to hydrolysis) is 1. The Labute approximate surface area is 118 Å². The standard InChI is InChI=1S/C13H23NO6/c1-7(2)8(9(15)13(6,19)10(16)17)14-11(18)20-12(3,4)5/h7-8,19H,1-6H3,(H,14,18)(H,16,17)/t8-,13?/m0/s1. The fourth-order valence-corrected chi connectivity index (χ4v) is 1.38. The van der Waals surface area contributed by atoms with Gasteiger partial charge in [-0.15, -0.1) is 0 Å². The molecule has 0 saturated carbocycles. The molecule has 0 aliphatic heterocycles. The molecule has 0 aromatic heterocycles. The molecular weight excluding hydrogens is 266 g/mol. The lowest BCUT2D eigenvalue weighted by molar-refractivity contribution is -0.164. The first-order chi connectivity index (χ1) is 8.79. The molecule has 0 fully saturated rings. The van der Waals surface area contributed by atoms with E-state index in [2.05, 4.69) is 5.32 Å². The van der Waals surface area contributed by atoms with Crippen LogP contribution in [0.25, 0.3) is 0 Å². The molecule has 0 spiro atoms. The van der Waals surface area contributed by atoms with Gasteiger partial charge in [0, 0.05) is 0 Å². The number of Topliss-reactive ketones (excluding diaryl/α,β-unsaturated/α-hetero) is 1. The van der Waals surface area contributed by atoms with Crippen LogP contribution in [0.1, 0.15) is 41.5 Å². The number of rotatable bonds is 5. The van der Waals surface area contributed by atoms with Crippen molar-refractivity contribution in [2.75, 3.05) is 0 Å². The van der Waals surface area contributed by atoms with Crippen molar-refractivity contribution in [2.24, 2.45) is 5.92 Å². The summed E-state index contributed by atoms with van der Waals surface area (Å²) in [6, 6.07) is -1.16. The molecule has 0 heterocycles. The van der Waals surface area contributed by atoms with Gasteiger partial charge in [0.15, 0.2) is 5.78 Å². The van der Waals surface area contributed by atoms with Gasteiger partial charge in [-0.05, 0) is 33.6 Å². The fraction of sp³-hybridized carbons (Fsp3) is 0.769. The van der Waals surface area contributed by atoms with Crippen LogP contribution in [-0.2, 0) is 14.3 Å². The highest BCUT2D eigenvalue weighted by molar-refractivity contribution is 6.08. The number of carbonyl (C=O) groups is 3. The molecule has 20 heavy (non-hydrogen) atoms. The lowest BCUT2D eigenvalue weighted by Gasteiger charge is -2.28. The van der Waals surface area contributed by atoms with Crippen LogP contribution < -0.4 is 5.32 Å². The fourth-order valence-electron chi connectivity index (χ4n) is 1.38. The van der Waals surface area contributed by atoms with E-state index in [-0.39, 0.29) is 0 Å². The van der Waals surface area contributed by atoms with Crippen LogP contribution in [0.4, 0.5) is 4.79 Å². The summed E-state index contributed by atoms with van der Waals surface area (Å²) in [7, 11) is 0. The molecule has 0 aromatic carbocycles. The monoisotopic (exact) mass is 289 g/mol. The molecule has 0 rings (SSSR count). The van der Waals surface area contributed by atoms with Gasteiger partial charge >= 0.3 is 12.1 Å². The van der Waals surface area contributed by atoms with Gasteiger partial charge in [-0.1, -0.05) is 13.8 Å². The maximum Gasteiger partial charge on any atom is 0.408 e. The van der Waals surface area contributed by atoms with Crippen molar-refractivity contribution in [3.63, 3.8) is 0 Å². The zero-order valence-electron chi connectivity index (χ0n) is 12.7. The number of nitrogens with one attached hydrogen (secondary N) is 1. The summed E-state index contributed by atoms with van der Waals surface area (Å²) < 4.78 is 5.01. The van der Waals surface area contributed by atoms with Crippen LogP contribution in [0.3, 0.4) is 0 Å². The lowest BCUT2D eigenvalue weighted by Crippen LogP contribution is -2.56. The van der Waals surface area contributed by atoms with E-state index >= 15 is 0 Å². The van der Waals surface area contributed by atoms with Crippen LogP contribution in [0.15, 0.2) is 0 Å². The normalized spacial score (nSPS) is 16.2. The molecule has 0 saturated heterocycles. The van der Waals surface area contributed by atoms with Gasteiger partial charge in [-0.2, -0.15) is 0 Å². The Hall–Kier alpha value is -1.63. The third-order valence-electron chi connectivity index (χ3n) is 2.52. The summed E-state index contributed by atoms with van der Waals surface area (Å²) in [6.45, 7) is 9.10. The van der Waals surface area contributed by atoms with Gasteiger partial charge in [-0.25, -0.2) is 9.59 Å². The number of aliphatic hydroxyl groups is 1. The Balaban J connectivity index is 5.06. The van der Waals surface area contributed by atoms with Gasteiger partial charge in [0.2, 0.25) is 5.60 Å². The minimum Gasteiger partial charge on any atom is -0.479 e. The molecule has 0 aliphatic rings. The van der Waals surface area contributed by atoms with Crippen molar-refractivity contribution < 1.29 is 29.3 Å². The summed E-state index contributed by atoms with van der Waals surface area (Å²) >= 11 is 0. The molecule has 1 amide bonds. The van der Waals surface area contributed by atoms with Crippen molar-refractivity contribution in [3.05, 3.63) is 0 Å². The third-order valence-corrected chi connectivity index (χ3v) is 2.52. The number of ether oxygens (including phenoxy) is 1. The van der Waals surface area contributed by atoms with E-state index in [1.807, 2.05) is 0 Å². The van der Waals surface area contributed by atoms with E-state index in [4.69, 9.17) is 9.84 Å². The van der Waals surface area contributed by atoms with Crippen molar-refractivity contribution >= 4 is 17.8 Å². The van der Waals surface area contributed by atoms with E-state index in [0.717, 1.165) is 6.92 Å². The Morgan fingerprint density at radius 1 is 1.10 bits per heavy atom. The molecule has 0 bridgehead atoms. The van der Waals surface area contributed by atoms with Gasteiger partial charge in [0.05, 0.1) is 6.04 Å². The van der Waals surface area contributed by atoms with Gasteiger partial charge in [-0.3, -0.25) is 4.79 Å². The predicted octanol–water partition coefficient (Wildman–Crippen LogP) is 0.940. The number of amides is 1. The number of hydrogen-bond acceptors (Lipinski definition) is 5. The lowest BCUT2D eigenvalue weighted by atomic mass is 9.89. The summed E-state index contributed by atoms with van der Waals surface area (Å²) in [6.07, 6.45) is -0.842. The molecule has 0 aromatic rings. The van der Waals surface area contributed by atoms with Gasteiger partial charge < -0.3 is 20.3 Å². The average molecular weight is 289 g/mol. The second-order valence-corrected chi connectivity index (χ2v) is 6.11. The summed E-state index contributed by atoms with van der Waals surface area (Å²) in [5.41, 5.74) is -3.31. The molecular formula is C13H23NO6. The van der Waals surface area contributed by atoms with Crippen molar-refractivity contribution in [1.29, 1.82) is 0 Å². The van der Waals surface area contributed by atoms with E-state index in [9.17, 15) is 19.5 Å². The number of hydrogen-bond donors (Lipinski definition) is 3. The molecule has 3 N–H and O–H groups in total. The van der Waals surface area contributed by atoms with Crippen LogP contribution in [-0.4, -0.2) is 45.3 Å². The van der Waals surface area contributed by atoms with E-state index < -0.39 is 41.0 Å². The zero-order chi connectivity index (χ0) is 16.3. The topological polar surface area (TPSA) is 113 Å². The van der Waals surface area contributed by atoms with Crippen LogP contribution in [0.2, 0.25) is 0 Å². The number of aliphatic carboxylic acids is 1. The van der Waals surface area contributed by atoms with Crippen molar-refractivity contribution in [2.45, 2.75) is 58.8 Å².